The van der Waals surface area contributed by atoms with Crippen LogP contribution in [0.3, 0.4) is 0 Å². The minimum Gasteiger partial charge on any atom is -0.396 e. The van der Waals surface area contributed by atoms with Crippen molar-refractivity contribution in [3.05, 3.63) is 66.0 Å². The first-order valence-corrected chi connectivity index (χ1v) is 8.68. The topological polar surface area (TPSA) is 83.0 Å². The number of pyridine rings is 1. The normalized spacial score (nSPS) is 10.5. The molecule has 0 aliphatic carbocycles. The summed E-state index contributed by atoms with van der Waals surface area (Å²) < 4.78 is 0. The highest BCUT2D eigenvalue weighted by Gasteiger charge is 2.07. The molecule has 1 aromatic carbocycles. The summed E-state index contributed by atoms with van der Waals surface area (Å²) >= 11 is 0. The lowest BCUT2D eigenvalue weighted by Crippen LogP contribution is -2.10. The first-order chi connectivity index (χ1) is 12.7. The summed E-state index contributed by atoms with van der Waals surface area (Å²) in [4.78, 5) is 13.3. The first-order valence-electron chi connectivity index (χ1n) is 8.68. The average Bonchev–Trinajstić information content (AvgIpc) is 2.67. The van der Waals surface area contributed by atoms with Crippen LogP contribution in [0.25, 0.3) is 11.3 Å². The molecule has 6 heteroatoms. The molecule has 134 valence electrons. The zero-order valence-corrected chi connectivity index (χ0v) is 14.8. The van der Waals surface area contributed by atoms with Gasteiger partial charge in [-0.05, 0) is 31.0 Å². The minimum atomic E-state index is 0.133. The summed E-state index contributed by atoms with van der Waals surface area (Å²) in [5.41, 5.74) is 4.15. The van der Waals surface area contributed by atoms with E-state index in [4.69, 9.17) is 5.11 Å². The Morgan fingerprint density at radius 1 is 1.04 bits per heavy atom. The summed E-state index contributed by atoms with van der Waals surface area (Å²) in [5, 5.41) is 15.5. The van der Waals surface area contributed by atoms with E-state index in [1.807, 2.05) is 18.2 Å². The molecule has 0 bridgehead atoms. The van der Waals surface area contributed by atoms with Crippen molar-refractivity contribution in [1.82, 2.24) is 15.0 Å². The second kappa shape index (κ2) is 8.92. The third kappa shape index (κ3) is 5.00. The summed E-state index contributed by atoms with van der Waals surface area (Å²) in [6, 6.07) is 14.1. The van der Waals surface area contributed by atoms with Crippen LogP contribution in [-0.2, 0) is 6.54 Å². The number of aliphatic hydroxyl groups is 1. The number of rotatable bonds is 8. The smallest absolute Gasteiger partial charge is 0.225 e. The van der Waals surface area contributed by atoms with Crippen LogP contribution in [0, 0.1) is 6.92 Å². The van der Waals surface area contributed by atoms with E-state index in [1.54, 1.807) is 12.4 Å². The maximum absolute atomic E-state index is 8.96. The Kier molecular flexibility index (Phi) is 6.11. The summed E-state index contributed by atoms with van der Waals surface area (Å²) in [6.07, 6.45) is 4.17. The molecule has 26 heavy (non-hydrogen) atoms. The molecule has 3 aromatic rings. The summed E-state index contributed by atoms with van der Waals surface area (Å²) in [6.45, 7) is 3.51. The molecule has 0 saturated carbocycles. The molecule has 3 N–H and O–H groups in total. The Labute approximate surface area is 153 Å². The molecule has 0 radical (unpaired) electrons. The Balaban J connectivity index is 1.81. The molecule has 0 spiro atoms. The van der Waals surface area contributed by atoms with Crippen molar-refractivity contribution in [1.29, 1.82) is 0 Å². The van der Waals surface area contributed by atoms with E-state index >= 15 is 0 Å². The molecule has 2 aromatic heterocycles. The van der Waals surface area contributed by atoms with Crippen LogP contribution in [0.1, 0.15) is 17.5 Å². The van der Waals surface area contributed by atoms with Gasteiger partial charge >= 0.3 is 0 Å². The van der Waals surface area contributed by atoms with E-state index in [9.17, 15) is 0 Å². The molecule has 6 nitrogen and oxygen atoms in total. The number of hydrogen-bond acceptors (Lipinski definition) is 6. The van der Waals surface area contributed by atoms with Crippen LogP contribution < -0.4 is 10.6 Å². The number of aromatic nitrogens is 3. The monoisotopic (exact) mass is 349 g/mol. The zero-order chi connectivity index (χ0) is 18.2. The number of nitrogens with one attached hydrogen (secondary N) is 2. The molecule has 0 saturated heterocycles. The largest absolute Gasteiger partial charge is 0.396 e. The number of nitrogens with zero attached hydrogens (tertiary/aromatic N) is 3. The maximum atomic E-state index is 8.96. The first kappa shape index (κ1) is 17.8. The van der Waals surface area contributed by atoms with E-state index in [0.717, 1.165) is 17.1 Å². The van der Waals surface area contributed by atoms with Gasteiger partial charge in [0.25, 0.3) is 0 Å². The molecule has 0 unspecified atom stereocenters. The van der Waals surface area contributed by atoms with Crippen LogP contribution in [-0.4, -0.2) is 33.2 Å². The van der Waals surface area contributed by atoms with Crippen LogP contribution in [0.5, 0.6) is 0 Å². The van der Waals surface area contributed by atoms with E-state index in [-0.39, 0.29) is 6.61 Å². The van der Waals surface area contributed by atoms with Gasteiger partial charge in [-0.25, -0.2) is 4.98 Å². The van der Waals surface area contributed by atoms with E-state index in [0.29, 0.717) is 25.5 Å². The average molecular weight is 349 g/mol. The van der Waals surface area contributed by atoms with Gasteiger partial charge in [0.1, 0.15) is 5.82 Å². The highest BCUT2D eigenvalue weighted by atomic mass is 16.3. The molecule has 0 aliphatic rings. The molecule has 0 fully saturated rings. The molecular formula is C20H23N5O. The third-order valence-electron chi connectivity index (χ3n) is 3.86. The van der Waals surface area contributed by atoms with Crippen molar-refractivity contribution in [2.75, 3.05) is 23.8 Å². The fourth-order valence-electron chi connectivity index (χ4n) is 2.57. The van der Waals surface area contributed by atoms with Crippen LogP contribution in [0.2, 0.25) is 0 Å². The summed E-state index contributed by atoms with van der Waals surface area (Å²) in [7, 11) is 0. The van der Waals surface area contributed by atoms with Crippen LogP contribution >= 0.6 is 0 Å². The van der Waals surface area contributed by atoms with Gasteiger partial charge in [-0.2, -0.15) is 4.98 Å². The van der Waals surface area contributed by atoms with Gasteiger partial charge in [-0.15, -0.1) is 0 Å². The molecule has 0 atom stereocenters. The number of anilines is 2. The Bertz CT molecular complexity index is 839. The van der Waals surface area contributed by atoms with E-state index < -0.39 is 0 Å². The van der Waals surface area contributed by atoms with Crippen molar-refractivity contribution < 1.29 is 5.11 Å². The highest BCUT2D eigenvalue weighted by molar-refractivity contribution is 5.63. The lowest BCUT2D eigenvalue weighted by atomic mass is 10.1. The second-order valence-electron chi connectivity index (χ2n) is 6.05. The summed E-state index contributed by atoms with van der Waals surface area (Å²) in [5.74, 6) is 1.28. The SMILES string of the molecule is Cc1cccc(CNc2cc(-c3cccnc3)nc(NCCCO)n2)c1. The van der Waals surface area contributed by atoms with Gasteiger partial charge in [0.15, 0.2) is 0 Å². The minimum absolute atomic E-state index is 0.133. The maximum Gasteiger partial charge on any atom is 0.225 e. The number of benzene rings is 1. The van der Waals surface area contributed by atoms with Crippen LogP contribution in [0.4, 0.5) is 11.8 Å². The quantitative estimate of drug-likeness (QED) is 0.542. The Morgan fingerprint density at radius 2 is 1.96 bits per heavy atom. The van der Waals surface area contributed by atoms with Crippen molar-refractivity contribution in [3.8, 4) is 11.3 Å². The predicted molar refractivity (Wildman–Crippen MR) is 104 cm³/mol. The Hall–Kier alpha value is -2.99. The molecular weight excluding hydrogens is 326 g/mol. The number of aliphatic hydroxyl groups excluding tert-OH is 1. The molecule has 3 rings (SSSR count). The van der Waals surface area contributed by atoms with Crippen molar-refractivity contribution >= 4 is 11.8 Å². The van der Waals surface area contributed by atoms with Crippen molar-refractivity contribution in [2.45, 2.75) is 19.9 Å². The van der Waals surface area contributed by atoms with E-state index in [2.05, 4.69) is 56.8 Å². The van der Waals surface area contributed by atoms with Crippen LogP contribution in [0.15, 0.2) is 54.9 Å². The van der Waals surface area contributed by atoms with E-state index in [1.165, 1.54) is 11.1 Å². The fraction of sp³-hybridized carbons (Fsp3) is 0.250. The van der Waals surface area contributed by atoms with Gasteiger partial charge in [0.05, 0.1) is 5.69 Å². The van der Waals surface area contributed by atoms with Gasteiger partial charge < -0.3 is 15.7 Å². The lowest BCUT2D eigenvalue weighted by molar-refractivity contribution is 0.292. The third-order valence-corrected chi connectivity index (χ3v) is 3.86. The Morgan fingerprint density at radius 3 is 2.73 bits per heavy atom. The second-order valence-corrected chi connectivity index (χ2v) is 6.05. The van der Waals surface area contributed by atoms with Gasteiger partial charge in [0.2, 0.25) is 5.95 Å². The zero-order valence-electron chi connectivity index (χ0n) is 14.8. The predicted octanol–water partition coefficient (Wildman–Crippen LogP) is 3.25. The standard InChI is InChI=1S/C20H23N5O/c1-15-5-2-6-16(11-15)13-23-19-12-18(17-7-3-8-21-14-17)24-20(25-19)22-9-4-10-26/h2-3,5-8,11-12,14,26H,4,9-10,13H2,1H3,(H2,22,23,24,25). The number of hydrogen-bond donors (Lipinski definition) is 3. The molecule has 2 heterocycles. The lowest BCUT2D eigenvalue weighted by Gasteiger charge is -2.11. The van der Waals surface area contributed by atoms with Crippen molar-refractivity contribution in [3.63, 3.8) is 0 Å². The number of aryl methyl sites for hydroxylation is 1. The van der Waals surface area contributed by atoms with Gasteiger partial charge in [-0.3, -0.25) is 4.98 Å². The highest BCUT2D eigenvalue weighted by Crippen LogP contribution is 2.21. The van der Waals surface area contributed by atoms with Gasteiger partial charge in [0, 0.05) is 43.7 Å². The molecule has 0 aliphatic heterocycles. The molecule has 0 amide bonds. The van der Waals surface area contributed by atoms with Crippen molar-refractivity contribution in [2.24, 2.45) is 0 Å². The van der Waals surface area contributed by atoms with Gasteiger partial charge in [-0.1, -0.05) is 29.8 Å². The fourth-order valence-corrected chi connectivity index (χ4v) is 2.57.